The zero-order valence-electron chi connectivity index (χ0n) is 11.8. The fourth-order valence-electron chi connectivity index (χ4n) is 1.95. The van der Waals surface area contributed by atoms with Gasteiger partial charge in [0.15, 0.2) is 0 Å². The molecule has 0 radical (unpaired) electrons. The second kappa shape index (κ2) is 7.96. The molecule has 110 valence electrons. The quantitative estimate of drug-likeness (QED) is 0.755. The highest BCUT2D eigenvalue weighted by Crippen LogP contribution is 2.30. The molecule has 1 nitrogen and oxygen atoms in total. The van der Waals surface area contributed by atoms with Crippen molar-refractivity contribution in [3.05, 3.63) is 35.4 Å². The number of nitrogens with one attached hydrogen (secondary N) is 1. The Hall–Kier alpha value is -1.47. The number of alkyl halides is 3. The van der Waals surface area contributed by atoms with Gasteiger partial charge in [-0.2, -0.15) is 13.2 Å². The van der Waals surface area contributed by atoms with E-state index >= 15 is 0 Å². The lowest BCUT2D eigenvalue weighted by Crippen LogP contribution is -2.22. The third-order valence-electron chi connectivity index (χ3n) is 3.02. The summed E-state index contributed by atoms with van der Waals surface area (Å²) < 4.78 is 37.6. The molecule has 0 bridgehead atoms. The highest BCUT2D eigenvalue weighted by atomic mass is 19.4. The Labute approximate surface area is 118 Å². The monoisotopic (exact) mass is 283 g/mol. The molecular weight excluding hydrogens is 263 g/mol. The molecule has 0 fully saturated rings. The van der Waals surface area contributed by atoms with Gasteiger partial charge in [-0.3, -0.25) is 0 Å². The third kappa shape index (κ3) is 5.26. The van der Waals surface area contributed by atoms with Crippen LogP contribution in [0.2, 0.25) is 0 Å². The molecule has 1 unspecified atom stereocenters. The molecule has 20 heavy (non-hydrogen) atoms. The molecule has 1 N–H and O–H groups in total. The minimum Gasteiger partial charge on any atom is -0.310 e. The Bertz CT molecular complexity index is 451. The lowest BCUT2D eigenvalue weighted by molar-refractivity contribution is -0.137. The van der Waals surface area contributed by atoms with Gasteiger partial charge in [0, 0.05) is 12.5 Å². The van der Waals surface area contributed by atoms with E-state index in [1.165, 1.54) is 0 Å². The molecule has 4 heteroatoms. The van der Waals surface area contributed by atoms with Crippen LogP contribution < -0.4 is 5.32 Å². The zero-order chi connectivity index (χ0) is 15.0. The maximum atomic E-state index is 12.5. The smallest absolute Gasteiger partial charge is 0.310 e. The van der Waals surface area contributed by atoms with Crippen molar-refractivity contribution in [1.82, 2.24) is 5.32 Å². The van der Waals surface area contributed by atoms with Gasteiger partial charge >= 0.3 is 6.18 Å². The number of benzene rings is 1. The first-order valence-corrected chi connectivity index (χ1v) is 6.79. The van der Waals surface area contributed by atoms with E-state index in [1.807, 2.05) is 0 Å². The van der Waals surface area contributed by atoms with Crippen LogP contribution in [0, 0.1) is 11.8 Å². The first-order valence-electron chi connectivity index (χ1n) is 6.79. The Balaban J connectivity index is 2.80. The fourth-order valence-corrected chi connectivity index (χ4v) is 1.95. The minimum atomic E-state index is -4.28. The summed E-state index contributed by atoms with van der Waals surface area (Å²) in [5, 5.41) is 3.35. The minimum absolute atomic E-state index is 0.0538. The summed E-state index contributed by atoms with van der Waals surface area (Å²) in [6.45, 7) is 4.68. The molecule has 0 amide bonds. The van der Waals surface area contributed by atoms with Crippen molar-refractivity contribution in [3.8, 4) is 11.8 Å². The molecule has 1 aromatic rings. The van der Waals surface area contributed by atoms with Crippen molar-refractivity contribution in [3.63, 3.8) is 0 Å². The van der Waals surface area contributed by atoms with Gasteiger partial charge in [-0.1, -0.05) is 19.1 Å². The van der Waals surface area contributed by atoms with Crippen LogP contribution in [0.4, 0.5) is 13.2 Å². The molecule has 0 heterocycles. The van der Waals surface area contributed by atoms with Gasteiger partial charge in [0.05, 0.1) is 5.56 Å². The highest BCUT2D eigenvalue weighted by Gasteiger charge is 2.30. The average Bonchev–Trinajstić information content (AvgIpc) is 2.42. The molecule has 0 aliphatic rings. The van der Waals surface area contributed by atoms with Gasteiger partial charge < -0.3 is 5.32 Å². The average molecular weight is 283 g/mol. The highest BCUT2D eigenvalue weighted by molar-refractivity contribution is 5.27. The summed E-state index contributed by atoms with van der Waals surface area (Å²) in [4.78, 5) is 0. The molecule has 0 saturated carbocycles. The van der Waals surface area contributed by atoms with Crippen LogP contribution in [0.1, 0.15) is 50.3 Å². The predicted octanol–water partition coefficient (Wildman–Crippen LogP) is 4.55. The Morgan fingerprint density at radius 2 is 1.85 bits per heavy atom. The number of hydrogen-bond acceptors (Lipinski definition) is 1. The van der Waals surface area contributed by atoms with E-state index in [2.05, 4.69) is 24.1 Å². The molecule has 0 spiro atoms. The SMILES string of the molecule is CC#CCCC(NCCC)c1ccc(C(F)(F)F)cc1. The van der Waals surface area contributed by atoms with Crippen molar-refractivity contribution < 1.29 is 13.2 Å². The van der Waals surface area contributed by atoms with Crippen LogP contribution in [0.3, 0.4) is 0 Å². The summed E-state index contributed by atoms with van der Waals surface area (Å²) >= 11 is 0. The first-order chi connectivity index (χ1) is 9.49. The molecule has 1 aromatic carbocycles. The van der Waals surface area contributed by atoms with E-state index in [1.54, 1.807) is 19.1 Å². The van der Waals surface area contributed by atoms with E-state index < -0.39 is 11.7 Å². The largest absolute Gasteiger partial charge is 0.416 e. The maximum Gasteiger partial charge on any atom is 0.416 e. The summed E-state index contributed by atoms with van der Waals surface area (Å²) in [5.74, 6) is 5.82. The van der Waals surface area contributed by atoms with Crippen LogP contribution in [-0.2, 0) is 6.18 Å². The summed E-state index contributed by atoms with van der Waals surface area (Å²) in [7, 11) is 0. The van der Waals surface area contributed by atoms with E-state index in [-0.39, 0.29) is 6.04 Å². The van der Waals surface area contributed by atoms with Crippen molar-refractivity contribution in [1.29, 1.82) is 0 Å². The lowest BCUT2D eigenvalue weighted by Gasteiger charge is -2.18. The molecule has 0 aliphatic heterocycles. The molecule has 0 aromatic heterocycles. The van der Waals surface area contributed by atoms with Gasteiger partial charge in [0.2, 0.25) is 0 Å². The molecule has 0 saturated heterocycles. The van der Waals surface area contributed by atoms with Crippen molar-refractivity contribution in [2.75, 3.05) is 6.54 Å². The zero-order valence-corrected chi connectivity index (χ0v) is 11.8. The van der Waals surface area contributed by atoms with Gasteiger partial charge in [-0.25, -0.2) is 0 Å². The second-order valence-electron chi connectivity index (χ2n) is 4.59. The number of rotatable bonds is 6. The van der Waals surface area contributed by atoms with Gasteiger partial charge in [-0.15, -0.1) is 11.8 Å². The van der Waals surface area contributed by atoms with E-state index in [0.717, 1.165) is 43.5 Å². The van der Waals surface area contributed by atoms with Crippen LogP contribution >= 0.6 is 0 Å². The molecule has 1 atom stereocenters. The Morgan fingerprint density at radius 1 is 1.20 bits per heavy atom. The summed E-state index contributed by atoms with van der Waals surface area (Å²) in [6, 6.07) is 5.44. The Morgan fingerprint density at radius 3 is 2.35 bits per heavy atom. The maximum absolute atomic E-state index is 12.5. The number of hydrogen-bond donors (Lipinski definition) is 1. The topological polar surface area (TPSA) is 12.0 Å². The van der Waals surface area contributed by atoms with Crippen LogP contribution in [0.15, 0.2) is 24.3 Å². The van der Waals surface area contributed by atoms with Crippen molar-refractivity contribution in [2.24, 2.45) is 0 Å². The Kier molecular flexibility index (Phi) is 6.60. The summed E-state index contributed by atoms with van der Waals surface area (Å²) in [5.41, 5.74) is 0.271. The summed E-state index contributed by atoms with van der Waals surface area (Å²) in [6.07, 6.45) is -1.76. The fraction of sp³-hybridized carbons (Fsp3) is 0.500. The van der Waals surface area contributed by atoms with Gasteiger partial charge in [-0.05, 0) is 44.0 Å². The van der Waals surface area contributed by atoms with Crippen molar-refractivity contribution in [2.45, 2.75) is 45.3 Å². The first kappa shape index (κ1) is 16.6. The van der Waals surface area contributed by atoms with E-state index in [0.29, 0.717) is 0 Å². The second-order valence-corrected chi connectivity index (χ2v) is 4.59. The molecule has 0 aliphatic carbocycles. The van der Waals surface area contributed by atoms with Crippen LogP contribution in [0.25, 0.3) is 0 Å². The standard InChI is InChI=1S/C16H20F3N/c1-3-5-6-7-15(20-12-4-2)13-8-10-14(11-9-13)16(17,18)19/h8-11,15,20H,4,6-7,12H2,1-2H3. The lowest BCUT2D eigenvalue weighted by atomic mass is 10.0. The van der Waals surface area contributed by atoms with Crippen molar-refractivity contribution >= 4 is 0 Å². The number of halogens is 3. The van der Waals surface area contributed by atoms with E-state index in [9.17, 15) is 13.2 Å². The van der Waals surface area contributed by atoms with Crippen LogP contribution in [0.5, 0.6) is 0 Å². The van der Waals surface area contributed by atoms with Crippen LogP contribution in [-0.4, -0.2) is 6.54 Å². The third-order valence-corrected chi connectivity index (χ3v) is 3.02. The van der Waals surface area contributed by atoms with Gasteiger partial charge in [0.25, 0.3) is 0 Å². The van der Waals surface area contributed by atoms with Gasteiger partial charge in [0.1, 0.15) is 0 Å². The molecule has 1 rings (SSSR count). The normalized spacial score (nSPS) is 12.7. The molecular formula is C16H20F3N. The van der Waals surface area contributed by atoms with E-state index in [4.69, 9.17) is 0 Å². The predicted molar refractivity (Wildman–Crippen MR) is 75.2 cm³/mol.